The largest absolute Gasteiger partial charge is 0.496 e. The van der Waals surface area contributed by atoms with E-state index in [0.717, 1.165) is 29.2 Å². The van der Waals surface area contributed by atoms with E-state index in [-0.39, 0.29) is 5.56 Å². The fourth-order valence-corrected chi connectivity index (χ4v) is 5.29. The van der Waals surface area contributed by atoms with Crippen molar-refractivity contribution in [3.05, 3.63) is 80.8 Å². The molecular weight excluding hydrogens is 466 g/mol. The fraction of sp³-hybridized carbons (Fsp3) is 0.308. The maximum Gasteiger partial charge on any atom is 0.262 e. The van der Waals surface area contributed by atoms with Crippen LogP contribution >= 0.6 is 23.1 Å². The number of thiophene rings is 1. The summed E-state index contributed by atoms with van der Waals surface area (Å²) in [6.07, 6.45) is 0.921. The average molecular weight is 496 g/mol. The predicted octanol–water partition coefficient (Wildman–Crippen LogP) is 5.14. The molecule has 0 spiro atoms. The summed E-state index contributed by atoms with van der Waals surface area (Å²) >= 11 is 3.18. The van der Waals surface area contributed by atoms with Gasteiger partial charge in [-0.05, 0) is 56.2 Å². The van der Waals surface area contributed by atoms with E-state index in [9.17, 15) is 4.79 Å². The molecule has 178 valence electrons. The van der Waals surface area contributed by atoms with Crippen molar-refractivity contribution in [2.75, 3.05) is 34.4 Å². The van der Waals surface area contributed by atoms with Gasteiger partial charge in [0.05, 0.1) is 31.2 Å². The molecule has 0 radical (unpaired) electrons. The molecule has 2 aromatic carbocycles. The summed E-state index contributed by atoms with van der Waals surface area (Å²) in [7, 11) is 5.76. The molecule has 4 aromatic rings. The lowest BCUT2D eigenvalue weighted by molar-refractivity contribution is 0.282. The van der Waals surface area contributed by atoms with E-state index in [0.29, 0.717) is 40.7 Å². The van der Waals surface area contributed by atoms with Crippen molar-refractivity contribution >= 4 is 34.0 Å². The van der Waals surface area contributed by atoms with Crippen LogP contribution in [0.2, 0.25) is 0 Å². The normalized spacial score (nSPS) is 11.3. The lowest BCUT2D eigenvalue weighted by Crippen LogP contribution is -2.23. The first-order valence-electron chi connectivity index (χ1n) is 11.1. The minimum absolute atomic E-state index is 0.0559. The second-order valence-electron chi connectivity index (χ2n) is 8.15. The Labute approximate surface area is 208 Å². The van der Waals surface area contributed by atoms with Crippen LogP contribution in [-0.4, -0.2) is 48.8 Å². The highest BCUT2D eigenvalue weighted by atomic mass is 32.2. The Balaban J connectivity index is 1.65. The maximum absolute atomic E-state index is 13.6. The molecule has 34 heavy (non-hydrogen) atoms. The van der Waals surface area contributed by atoms with Gasteiger partial charge in [-0.25, -0.2) is 4.98 Å². The molecule has 0 atom stereocenters. The van der Waals surface area contributed by atoms with E-state index in [1.165, 1.54) is 0 Å². The quantitative estimate of drug-likeness (QED) is 0.163. The number of hydrogen-bond acceptors (Lipinski definition) is 7. The van der Waals surface area contributed by atoms with Crippen molar-refractivity contribution in [2.24, 2.45) is 0 Å². The topological polar surface area (TPSA) is 56.6 Å². The van der Waals surface area contributed by atoms with Gasteiger partial charge in [-0.2, -0.15) is 0 Å². The summed E-state index contributed by atoms with van der Waals surface area (Å²) in [5.74, 6) is 2.18. The summed E-state index contributed by atoms with van der Waals surface area (Å²) < 4.78 is 13.2. The highest BCUT2D eigenvalue weighted by Gasteiger charge is 2.15. The van der Waals surface area contributed by atoms with Crippen LogP contribution in [0.3, 0.4) is 0 Å². The van der Waals surface area contributed by atoms with Gasteiger partial charge in [0.1, 0.15) is 11.5 Å². The molecule has 0 aliphatic rings. The van der Waals surface area contributed by atoms with Gasteiger partial charge in [-0.3, -0.25) is 9.36 Å². The molecular formula is C26H29N3O3S2. The SMILES string of the molecule is COc1ccccc1CSc1nc2ccc(OCCCN(C)C)cc2c(=O)n1Cc1cccs1. The number of fused-ring (bicyclic) bond motifs is 1. The maximum atomic E-state index is 13.6. The second kappa shape index (κ2) is 11.6. The Morgan fingerprint density at radius 1 is 1.12 bits per heavy atom. The van der Waals surface area contributed by atoms with Gasteiger partial charge < -0.3 is 14.4 Å². The summed E-state index contributed by atoms with van der Waals surface area (Å²) in [5.41, 5.74) is 1.68. The molecule has 2 heterocycles. The Morgan fingerprint density at radius 3 is 2.74 bits per heavy atom. The smallest absolute Gasteiger partial charge is 0.262 e. The van der Waals surface area contributed by atoms with Gasteiger partial charge in [-0.15, -0.1) is 11.3 Å². The second-order valence-corrected chi connectivity index (χ2v) is 10.1. The highest BCUT2D eigenvalue weighted by molar-refractivity contribution is 7.98. The van der Waals surface area contributed by atoms with Gasteiger partial charge >= 0.3 is 0 Å². The lowest BCUT2D eigenvalue weighted by Gasteiger charge is -2.14. The van der Waals surface area contributed by atoms with E-state index >= 15 is 0 Å². The molecule has 4 rings (SSSR count). The van der Waals surface area contributed by atoms with E-state index in [1.54, 1.807) is 34.8 Å². The van der Waals surface area contributed by atoms with Crippen LogP contribution in [0.25, 0.3) is 10.9 Å². The molecule has 0 fully saturated rings. The third-order valence-corrected chi connectivity index (χ3v) is 7.24. The first kappa shape index (κ1) is 24.3. The number of benzene rings is 2. The number of rotatable bonds is 11. The van der Waals surface area contributed by atoms with Gasteiger partial charge in [0.2, 0.25) is 0 Å². The summed E-state index contributed by atoms with van der Waals surface area (Å²) in [6, 6.07) is 17.6. The Kier molecular flexibility index (Phi) is 8.26. The molecule has 2 aromatic heterocycles. The summed E-state index contributed by atoms with van der Waals surface area (Å²) in [4.78, 5) is 21.7. The van der Waals surface area contributed by atoms with Crippen LogP contribution in [0.5, 0.6) is 11.5 Å². The number of thioether (sulfide) groups is 1. The standard InChI is InChI=1S/C26H29N3O3S2/c1-28(2)13-7-14-32-20-11-12-23-22(16-20)25(30)29(17-21-9-6-15-33-21)26(27-23)34-18-19-8-4-5-10-24(19)31-3/h4-6,8-12,15-16H,7,13-14,17-18H2,1-3H3. The van der Waals surface area contributed by atoms with Gasteiger partial charge in [0, 0.05) is 22.7 Å². The Bertz CT molecular complexity index is 1290. The van der Waals surface area contributed by atoms with E-state index in [1.807, 2.05) is 74.1 Å². The molecule has 8 heteroatoms. The zero-order valence-corrected chi connectivity index (χ0v) is 21.3. The Hall–Kier alpha value is -2.81. The number of aromatic nitrogens is 2. The van der Waals surface area contributed by atoms with Crippen LogP contribution in [0.1, 0.15) is 16.9 Å². The van der Waals surface area contributed by atoms with Crippen molar-refractivity contribution in [1.82, 2.24) is 14.5 Å². The monoisotopic (exact) mass is 495 g/mol. The number of methoxy groups -OCH3 is 1. The molecule has 0 saturated carbocycles. The molecule has 0 unspecified atom stereocenters. The van der Waals surface area contributed by atoms with Crippen molar-refractivity contribution in [2.45, 2.75) is 23.9 Å². The van der Waals surface area contributed by atoms with E-state index < -0.39 is 0 Å². The van der Waals surface area contributed by atoms with Crippen molar-refractivity contribution < 1.29 is 9.47 Å². The van der Waals surface area contributed by atoms with Crippen molar-refractivity contribution in [3.63, 3.8) is 0 Å². The molecule has 0 bridgehead atoms. The van der Waals surface area contributed by atoms with Gasteiger partial charge in [0.15, 0.2) is 5.16 Å². The minimum Gasteiger partial charge on any atom is -0.496 e. The third kappa shape index (κ3) is 6.00. The zero-order valence-electron chi connectivity index (χ0n) is 19.7. The summed E-state index contributed by atoms with van der Waals surface area (Å²) in [6.45, 7) is 2.05. The molecule has 0 amide bonds. The van der Waals surface area contributed by atoms with Crippen molar-refractivity contribution in [1.29, 1.82) is 0 Å². The van der Waals surface area contributed by atoms with Crippen molar-refractivity contribution in [3.8, 4) is 11.5 Å². The highest BCUT2D eigenvalue weighted by Crippen LogP contribution is 2.28. The molecule has 0 saturated heterocycles. The number of nitrogens with zero attached hydrogens (tertiary/aromatic N) is 3. The molecule has 0 aliphatic carbocycles. The first-order valence-corrected chi connectivity index (χ1v) is 13.0. The van der Waals surface area contributed by atoms with E-state index in [2.05, 4.69) is 4.90 Å². The number of hydrogen-bond donors (Lipinski definition) is 0. The molecule has 0 N–H and O–H groups in total. The van der Waals surface area contributed by atoms with Crippen LogP contribution in [0.15, 0.2) is 69.9 Å². The third-order valence-electron chi connectivity index (χ3n) is 5.35. The average Bonchev–Trinajstić information content (AvgIpc) is 3.36. The zero-order chi connectivity index (χ0) is 23.9. The first-order chi connectivity index (χ1) is 16.5. The Morgan fingerprint density at radius 2 is 1.97 bits per heavy atom. The van der Waals surface area contributed by atoms with E-state index in [4.69, 9.17) is 14.5 Å². The summed E-state index contributed by atoms with van der Waals surface area (Å²) in [5, 5.41) is 3.29. The van der Waals surface area contributed by atoms with Gasteiger partial charge in [0.25, 0.3) is 5.56 Å². The number of para-hydroxylation sites is 1. The van der Waals surface area contributed by atoms with Crippen LogP contribution in [0, 0.1) is 0 Å². The number of ether oxygens (including phenoxy) is 2. The minimum atomic E-state index is -0.0559. The lowest BCUT2D eigenvalue weighted by atomic mass is 10.2. The predicted molar refractivity (Wildman–Crippen MR) is 141 cm³/mol. The molecule has 0 aliphatic heterocycles. The van der Waals surface area contributed by atoms with Crippen LogP contribution in [-0.2, 0) is 12.3 Å². The van der Waals surface area contributed by atoms with Crippen LogP contribution < -0.4 is 15.0 Å². The van der Waals surface area contributed by atoms with Gasteiger partial charge in [-0.1, -0.05) is 36.0 Å². The fourth-order valence-electron chi connectivity index (χ4n) is 3.61. The molecule has 6 nitrogen and oxygen atoms in total. The van der Waals surface area contributed by atoms with Crippen LogP contribution in [0.4, 0.5) is 0 Å².